The lowest BCUT2D eigenvalue weighted by atomic mass is 10.1. The molecular weight excluding hydrogens is 464 g/mol. The summed E-state index contributed by atoms with van der Waals surface area (Å²) in [6.45, 7) is 0.989. The van der Waals surface area contributed by atoms with Gasteiger partial charge in [-0.2, -0.15) is 0 Å². The molecule has 0 fully saturated rings. The number of methoxy groups -OCH3 is 2. The Balaban J connectivity index is 1.53. The van der Waals surface area contributed by atoms with Gasteiger partial charge < -0.3 is 19.5 Å². The molecule has 3 rings (SSSR count). The molecule has 0 saturated carbocycles. The van der Waals surface area contributed by atoms with E-state index in [1.807, 2.05) is 0 Å². The molecule has 2 aromatic carbocycles. The van der Waals surface area contributed by atoms with Crippen LogP contribution in [-0.4, -0.2) is 65.7 Å². The Bertz CT molecular complexity index is 1210. The number of benzene rings is 2. The van der Waals surface area contributed by atoms with Crippen LogP contribution in [0.25, 0.3) is 0 Å². The molecule has 11 heteroatoms. The standard InChI is InChI=1S/C23H26N2O8S/c1-4-34(29,30)25-10-9-15-11-16(5-7-18(15)25)19(26)14-33-22(27)13-24-23(28)17-6-8-20(31-2)21(12-17)32-3/h5-8,11-12H,4,9-10,13-14H2,1-3H3,(H,24,28). The maximum atomic E-state index is 12.5. The predicted molar refractivity (Wildman–Crippen MR) is 124 cm³/mol. The normalized spacial score (nSPS) is 12.6. The largest absolute Gasteiger partial charge is 0.493 e. The number of esters is 1. The third-order valence-electron chi connectivity index (χ3n) is 5.36. The lowest BCUT2D eigenvalue weighted by Crippen LogP contribution is -2.31. The number of fused-ring (bicyclic) bond motifs is 1. The number of ether oxygens (including phenoxy) is 3. The van der Waals surface area contributed by atoms with Crippen molar-refractivity contribution in [2.45, 2.75) is 13.3 Å². The summed E-state index contributed by atoms with van der Waals surface area (Å²) in [6, 6.07) is 9.29. The lowest BCUT2D eigenvalue weighted by Gasteiger charge is -2.18. The molecule has 1 N–H and O–H groups in total. The molecule has 1 aliphatic heterocycles. The molecule has 0 radical (unpaired) electrons. The maximum absolute atomic E-state index is 12.5. The van der Waals surface area contributed by atoms with Crippen LogP contribution in [0, 0.1) is 0 Å². The molecule has 0 saturated heterocycles. The van der Waals surface area contributed by atoms with Crippen molar-refractivity contribution in [2.75, 3.05) is 44.0 Å². The van der Waals surface area contributed by atoms with E-state index in [-0.39, 0.29) is 11.3 Å². The zero-order valence-electron chi connectivity index (χ0n) is 19.1. The quantitative estimate of drug-likeness (QED) is 0.393. The zero-order chi connectivity index (χ0) is 24.9. The minimum Gasteiger partial charge on any atom is -0.493 e. The fourth-order valence-electron chi connectivity index (χ4n) is 3.50. The van der Waals surface area contributed by atoms with Crippen LogP contribution in [0.3, 0.4) is 0 Å². The lowest BCUT2D eigenvalue weighted by molar-refractivity contribution is -0.141. The van der Waals surface area contributed by atoms with Crippen molar-refractivity contribution in [3.05, 3.63) is 53.1 Å². The van der Waals surface area contributed by atoms with Gasteiger partial charge in [0.15, 0.2) is 23.9 Å². The third kappa shape index (κ3) is 5.48. The van der Waals surface area contributed by atoms with Gasteiger partial charge in [0.25, 0.3) is 5.91 Å². The fourth-order valence-corrected chi connectivity index (χ4v) is 4.66. The number of carbonyl (C=O) groups excluding carboxylic acids is 3. The van der Waals surface area contributed by atoms with E-state index < -0.39 is 40.8 Å². The molecule has 0 atom stereocenters. The van der Waals surface area contributed by atoms with Crippen LogP contribution >= 0.6 is 0 Å². The number of nitrogens with one attached hydrogen (secondary N) is 1. The van der Waals surface area contributed by atoms with Gasteiger partial charge in [0, 0.05) is 17.7 Å². The molecule has 0 spiro atoms. The number of rotatable bonds is 10. The zero-order valence-corrected chi connectivity index (χ0v) is 19.9. The molecule has 10 nitrogen and oxygen atoms in total. The van der Waals surface area contributed by atoms with Gasteiger partial charge in [0.05, 0.1) is 25.7 Å². The summed E-state index contributed by atoms with van der Waals surface area (Å²) in [5.41, 5.74) is 1.89. The Hall–Kier alpha value is -3.60. The molecule has 1 amide bonds. The second kappa shape index (κ2) is 10.6. The average molecular weight is 491 g/mol. The summed E-state index contributed by atoms with van der Waals surface area (Å²) in [4.78, 5) is 36.7. The van der Waals surface area contributed by atoms with Crippen molar-refractivity contribution >= 4 is 33.4 Å². The van der Waals surface area contributed by atoms with Crippen LogP contribution in [-0.2, 0) is 26.0 Å². The first-order valence-electron chi connectivity index (χ1n) is 10.5. The topological polar surface area (TPSA) is 128 Å². The third-order valence-corrected chi connectivity index (χ3v) is 7.14. The van der Waals surface area contributed by atoms with Crippen molar-refractivity contribution in [1.82, 2.24) is 5.32 Å². The summed E-state index contributed by atoms with van der Waals surface area (Å²) in [6.07, 6.45) is 0.498. The molecule has 0 bridgehead atoms. The second-order valence-corrected chi connectivity index (χ2v) is 9.58. The first kappa shape index (κ1) is 25.0. The highest BCUT2D eigenvalue weighted by atomic mass is 32.2. The van der Waals surface area contributed by atoms with E-state index in [4.69, 9.17) is 14.2 Å². The highest BCUT2D eigenvalue weighted by molar-refractivity contribution is 7.92. The van der Waals surface area contributed by atoms with E-state index in [9.17, 15) is 22.8 Å². The predicted octanol–water partition coefficient (Wildman–Crippen LogP) is 1.57. The Morgan fingerprint density at radius 1 is 1.00 bits per heavy atom. The minimum absolute atomic E-state index is 0.00831. The van der Waals surface area contributed by atoms with Gasteiger partial charge in [-0.1, -0.05) is 0 Å². The van der Waals surface area contributed by atoms with Crippen molar-refractivity contribution in [1.29, 1.82) is 0 Å². The molecule has 182 valence electrons. The summed E-state index contributed by atoms with van der Waals surface area (Å²) in [7, 11) is -0.458. The summed E-state index contributed by atoms with van der Waals surface area (Å²) < 4.78 is 41.0. The number of anilines is 1. The van der Waals surface area contributed by atoms with Gasteiger partial charge in [0.1, 0.15) is 6.54 Å². The average Bonchev–Trinajstić information content (AvgIpc) is 3.29. The molecule has 1 heterocycles. The van der Waals surface area contributed by atoms with E-state index in [1.165, 1.54) is 36.7 Å². The van der Waals surface area contributed by atoms with Gasteiger partial charge in [-0.25, -0.2) is 8.42 Å². The van der Waals surface area contributed by atoms with Crippen LogP contribution in [0.1, 0.15) is 33.2 Å². The first-order chi connectivity index (χ1) is 16.2. The number of nitrogens with zero attached hydrogens (tertiary/aromatic N) is 1. The molecule has 1 aliphatic rings. The van der Waals surface area contributed by atoms with Crippen molar-refractivity contribution in [2.24, 2.45) is 0 Å². The van der Waals surface area contributed by atoms with E-state index >= 15 is 0 Å². The molecule has 0 aromatic heterocycles. The van der Waals surface area contributed by atoms with Crippen LogP contribution in [0.5, 0.6) is 11.5 Å². The maximum Gasteiger partial charge on any atom is 0.325 e. The SMILES string of the molecule is CCS(=O)(=O)N1CCc2cc(C(=O)COC(=O)CNC(=O)c3ccc(OC)c(OC)c3)ccc21. The van der Waals surface area contributed by atoms with E-state index in [0.717, 1.165) is 5.56 Å². The number of sulfonamides is 1. The Labute approximate surface area is 197 Å². The van der Waals surface area contributed by atoms with Crippen LogP contribution in [0.15, 0.2) is 36.4 Å². The van der Waals surface area contributed by atoms with Crippen molar-refractivity contribution < 1.29 is 37.0 Å². The number of Topliss-reactive ketones (excluding diaryl/α,β-unsaturated/α-hetero) is 1. The van der Waals surface area contributed by atoms with Gasteiger partial charge in [-0.15, -0.1) is 0 Å². The Morgan fingerprint density at radius 2 is 1.71 bits per heavy atom. The number of amides is 1. The van der Waals surface area contributed by atoms with Crippen molar-refractivity contribution in [3.63, 3.8) is 0 Å². The fraction of sp³-hybridized carbons (Fsp3) is 0.348. The molecular formula is C23H26N2O8S. The summed E-state index contributed by atoms with van der Waals surface area (Å²) in [5, 5.41) is 2.43. The van der Waals surface area contributed by atoms with Gasteiger partial charge in [0.2, 0.25) is 10.0 Å². The van der Waals surface area contributed by atoms with Gasteiger partial charge in [-0.05, 0) is 55.3 Å². The number of ketones is 1. The highest BCUT2D eigenvalue weighted by Crippen LogP contribution is 2.31. The van der Waals surface area contributed by atoms with Crippen LogP contribution in [0.2, 0.25) is 0 Å². The Morgan fingerprint density at radius 3 is 2.38 bits per heavy atom. The van der Waals surface area contributed by atoms with Crippen molar-refractivity contribution in [3.8, 4) is 11.5 Å². The van der Waals surface area contributed by atoms with Crippen LogP contribution in [0.4, 0.5) is 5.69 Å². The summed E-state index contributed by atoms with van der Waals surface area (Å²) in [5.74, 6) is -0.903. The molecule has 0 unspecified atom stereocenters. The van der Waals surface area contributed by atoms with E-state index in [0.29, 0.717) is 35.7 Å². The highest BCUT2D eigenvalue weighted by Gasteiger charge is 2.28. The summed E-state index contributed by atoms with van der Waals surface area (Å²) >= 11 is 0. The first-order valence-corrected chi connectivity index (χ1v) is 12.1. The number of hydrogen-bond donors (Lipinski definition) is 1. The van der Waals surface area contributed by atoms with Gasteiger partial charge >= 0.3 is 5.97 Å². The molecule has 34 heavy (non-hydrogen) atoms. The smallest absolute Gasteiger partial charge is 0.325 e. The molecule has 2 aromatic rings. The van der Waals surface area contributed by atoms with E-state index in [2.05, 4.69) is 5.32 Å². The van der Waals surface area contributed by atoms with E-state index in [1.54, 1.807) is 25.1 Å². The number of hydrogen-bond acceptors (Lipinski definition) is 8. The minimum atomic E-state index is -3.38. The monoisotopic (exact) mass is 490 g/mol. The Kier molecular flexibility index (Phi) is 7.77. The van der Waals surface area contributed by atoms with Crippen LogP contribution < -0.4 is 19.1 Å². The number of carbonyl (C=O) groups is 3. The second-order valence-electron chi connectivity index (χ2n) is 7.40. The molecule has 0 aliphatic carbocycles. The van der Waals surface area contributed by atoms with Gasteiger partial charge in [-0.3, -0.25) is 18.7 Å².